The lowest BCUT2D eigenvalue weighted by Gasteiger charge is -2.27. The van der Waals surface area contributed by atoms with E-state index in [1.54, 1.807) is 12.2 Å². The number of nitrogens with one attached hydrogen (secondary N) is 1. The van der Waals surface area contributed by atoms with Crippen molar-refractivity contribution in [2.75, 3.05) is 6.54 Å². The summed E-state index contributed by atoms with van der Waals surface area (Å²) >= 11 is 5.03. The molecular weight excluding hydrogens is 332 g/mol. The van der Waals surface area contributed by atoms with Crippen LogP contribution in [0, 0.1) is 0 Å². The number of carbonyl (C=O) groups is 2. The van der Waals surface area contributed by atoms with Gasteiger partial charge in [-0.3, -0.25) is 19.8 Å². The SMILES string of the molecule is C=CCN1C(=O)/C(=C/c2ccc(-c3ccccc3)cc2)C(=O)NC1=S. The maximum Gasteiger partial charge on any atom is 0.265 e. The molecule has 1 heterocycles. The Kier molecular flexibility index (Phi) is 4.86. The number of rotatable bonds is 4. The Morgan fingerprint density at radius 1 is 1.00 bits per heavy atom. The van der Waals surface area contributed by atoms with Crippen LogP contribution in [0.3, 0.4) is 0 Å². The molecule has 0 aliphatic carbocycles. The van der Waals surface area contributed by atoms with Crippen LogP contribution in [0.4, 0.5) is 0 Å². The van der Waals surface area contributed by atoms with Crippen LogP contribution in [-0.2, 0) is 9.59 Å². The molecule has 1 saturated heterocycles. The monoisotopic (exact) mass is 348 g/mol. The Bertz CT molecular complexity index is 870. The third-order valence-corrected chi connectivity index (χ3v) is 4.15. The van der Waals surface area contributed by atoms with Crippen LogP contribution >= 0.6 is 12.2 Å². The van der Waals surface area contributed by atoms with Gasteiger partial charge in [-0.15, -0.1) is 6.58 Å². The standard InChI is InChI=1S/C20H16N2O2S/c1-2-12-22-19(24)17(18(23)21-20(22)25)13-14-8-10-16(11-9-14)15-6-4-3-5-7-15/h2-11,13H,1,12H2,(H,21,23,25)/b17-13+. The topological polar surface area (TPSA) is 49.4 Å². The van der Waals surface area contributed by atoms with Crippen LogP contribution in [0.1, 0.15) is 5.56 Å². The van der Waals surface area contributed by atoms with Crippen molar-refractivity contribution in [3.05, 3.63) is 78.4 Å². The van der Waals surface area contributed by atoms with Crippen molar-refractivity contribution in [2.45, 2.75) is 0 Å². The molecule has 0 atom stereocenters. The van der Waals surface area contributed by atoms with Crippen molar-refractivity contribution in [2.24, 2.45) is 0 Å². The Morgan fingerprint density at radius 2 is 1.64 bits per heavy atom. The summed E-state index contributed by atoms with van der Waals surface area (Å²) in [6.45, 7) is 3.86. The van der Waals surface area contributed by atoms with Gasteiger partial charge in [0, 0.05) is 6.54 Å². The summed E-state index contributed by atoms with van der Waals surface area (Å²) in [6, 6.07) is 17.6. The van der Waals surface area contributed by atoms with E-state index in [0.717, 1.165) is 16.7 Å². The molecule has 0 saturated carbocycles. The maximum atomic E-state index is 12.5. The number of carbonyl (C=O) groups excluding carboxylic acids is 2. The second-order valence-electron chi connectivity index (χ2n) is 5.51. The Balaban J connectivity index is 1.88. The van der Waals surface area contributed by atoms with Gasteiger partial charge in [0.25, 0.3) is 11.8 Å². The first kappa shape index (κ1) is 16.8. The molecule has 3 rings (SSSR count). The summed E-state index contributed by atoms with van der Waals surface area (Å²) in [5.74, 6) is -0.900. The minimum atomic E-state index is -0.484. The highest BCUT2D eigenvalue weighted by atomic mass is 32.1. The lowest BCUT2D eigenvalue weighted by atomic mass is 10.0. The summed E-state index contributed by atoms with van der Waals surface area (Å²) in [4.78, 5) is 25.9. The molecule has 124 valence electrons. The zero-order valence-electron chi connectivity index (χ0n) is 13.4. The van der Waals surface area contributed by atoms with Crippen LogP contribution in [0.25, 0.3) is 17.2 Å². The quantitative estimate of drug-likeness (QED) is 0.400. The van der Waals surface area contributed by atoms with E-state index in [9.17, 15) is 9.59 Å². The minimum Gasteiger partial charge on any atom is -0.298 e. The predicted octanol–water partition coefficient (Wildman–Crippen LogP) is 3.17. The van der Waals surface area contributed by atoms with Crippen LogP contribution in [0.2, 0.25) is 0 Å². The first-order valence-corrected chi connectivity index (χ1v) is 8.16. The molecule has 0 unspecified atom stereocenters. The van der Waals surface area contributed by atoms with Gasteiger partial charge in [0.1, 0.15) is 5.57 Å². The number of thiocarbonyl (C=S) groups is 1. The van der Waals surface area contributed by atoms with Gasteiger partial charge >= 0.3 is 0 Å². The van der Waals surface area contributed by atoms with Crippen molar-refractivity contribution in [1.29, 1.82) is 0 Å². The molecule has 5 heteroatoms. The third kappa shape index (κ3) is 3.56. The van der Waals surface area contributed by atoms with Gasteiger partial charge in [0.05, 0.1) is 0 Å². The van der Waals surface area contributed by atoms with Crippen LogP contribution in [0.5, 0.6) is 0 Å². The van der Waals surface area contributed by atoms with E-state index in [0.29, 0.717) is 0 Å². The van der Waals surface area contributed by atoms with E-state index in [-0.39, 0.29) is 17.2 Å². The number of nitrogens with zero attached hydrogens (tertiary/aromatic N) is 1. The predicted molar refractivity (Wildman–Crippen MR) is 103 cm³/mol. The Hall–Kier alpha value is -3.05. The highest BCUT2D eigenvalue weighted by Crippen LogP contribution is 2.21. The van der Waals surface area contributed by atoms with E-state index in [4.69, 9.17) is 12.2 Å². The third-order valence-electron chi connectivity index (χ3n) is 3.83. The smallest absolute Gasteiger partial charge is 0.265 e. The Labute approximate surface area is 151 Å². The summed E-state index contributed by atoms with van der Waals surface area (Å²) in [5.41, 5.74) is 3.00. The molecule has 0 bridgehead atoms. The molecule has 0 spiro atoms. The van der Waals surface area contributed by atoms with Gasteiger partial charge in [-0.25, -0.2) is 0 Å². The van der Waals surface area contributed by atoms with E-state index in [1.165, 1.54) is 4.90 Å². The molecule has 1 N–H and O–H groups in total. The molecule has 4 nitrogen and oxygen atoms in total. The second-order valence-corrected chi connectivity index (χ2v) is 5.90. The molecule has 1 aliphatic rings. The number of amides is 2. The number of hydrogen-bond donors (Lipinski definition) is 1. The molecular formula is C20H16N2O2S. The molecule has 0 aromatic heterocycles. The molecule has 2 aromatic carbocycles. The summed E-state index contributed by atoms with van der Waals surface area (Å²) in [7, 11) is 0. The van der Waals surface area contributed by atoms with Gasteiger partial charge in [-0.1, -0.05) is 60.7 Å². The molecule has 2 aromatic rings. The van der Waals surface area contributed by atoms with E-state index in [1.807, 2.05) is 54.6 Å². The summed E-state index contributed by atoms with van der Waals surface area (Å²) in [6.07, 6.45) is 3.14. The molecule has 1 aliphatic heterocycles. The number of benzene rings is 2. The van der Waals surface area contributed by atoms with Crippen molar-refractivity contribution in [3.63, 3.8) is 0 Å². The lowest BCUT2D eigenvalue weighted by Crippen LogP contribution is -2.53. The second kappa shape index (κ2) is 7.23. The lowest BCUT2D eigenvalue weighted by molar-refractivity contribution is -0.128. The normalized spacial score (nSPS) is 16.1. The number of hydrogen-bond acceptors (Lipinski definition) is 3. The highest BCUT2D eigenvalue weighted by Gasteiger charge is 2.32. The average molecular weight is 348 g/mol. The molecule has 2 amide bonds. The zero-order chi connectivity index (χ0) is 17.8. The fourth-order valence-electron chi connectivity index (χ4n) is 2.56. The molecule has 25 heavy (non-hydrogen) atoms. The largest absolute Gasteiger partial charge is 0.298 e. The summed E-state index contributed by atoms with van der Waals surface area (Å²) < 4.78 is 0. The van der Waals surface area contributed by atoms with E-state index >= 15 is 0 Å². The average Bonchev–Trinajstić information content (AvgIpc) is 2.63. The van der Waals surface area contributed by atoms with E-state index in [2.05, 4.69) is 11.9 Å². The fourth-order valence-corrected chi connectivity index (χ4v) is 2.81. The van der Waals surface area contributed by atoms with Gasteiger partial charge < -0.3 is 0 Å². The van der Waals surface area contributed by atoms with Crippen LogP contribution < -0.4 is 5.32 Å². The molecule has 0 radical (unpaired) electrons. The fraction of sp³-hybridized carbons (Fsp3) is 0.0500. The van der Waals surface area contributed by atoms with Gasteiger partial charge in [-0.2, -0.15) is 0 Å². The van der Waals surface area contributed by atoms with Crippen LogP contribution in [0.15, 0.2) is 72.8 Å². The first-order valence-electron chi connectivity index (χ1n) is 7.75. The minimum absolute atomic E-state index is 0.0583. The van der Waals surface area contributed by atoms with Crippen molar-refractivity contribution >= 4 is 35.2 Å². The molecule has 1 fully saturated rings. The highest BCUT2D eigenvalue weighted by molar-refractivity contribution is 7.80. The van der Waals surface area contributed by atoms with Crippen molar-refractivity contribution in [3.8, 4) is 11.1 Å². The van der Waals surface area contributed by atoms with E-state index < -0.39 is 11.8 Å². The van der Waals surface area contributed by atoms with Crippen molar-refractivity contribution in [1.82, 2.24) is 10.2 Å². The first-order chi connectivity index (χ1) is 12.1. The van der Waals surface area contributed by atoms with Gasteiger partial charge in [0.2, 0.25) is 0 Å². The van der Waals surface area contributed by atoms with Gasteiger partial charge in [-0.05, 0) is 35.0 Å². The zero-order valence-corrected chi connectivity index (χ0v) is 14.3. The maximum absolute atomic E-state index is 12.5. The van der Waals surface area contributed by atoms with Crippen molar-refractivity contribution < 1.29 is 9.59 Å². The van der Waals surface area contributed by atoms with Crippen LogP contribution in [-0.4, -0.2) is 28.4 Å². The Morgan fingerprint density at radius 3 is 2.28 bits per heavy atom. The summed E-state index contributed by atoms with van der Waals surface area (Å²) in [5, 5.41) is 2.64. The van der Waals surface area contributed by atoms with Gasteiger partial charge in [0.15, 0.2) is 5.11 Å².